The number of rotatable bonds is 3. The molecule has 2 amide bonds. The summed E-state index contributed by atoms with van der Waals surface area (Å²) in [7, 11) is 0. The van der Waals surface area contributed by atoms with Gasteiger partial charge in [0.05, 0.1) is 16.1 Å². The van der Waals surface area contributed by atoms with Gasteiger partial charge in [-0.15, -0.1) is 0 Å². The Balaban J connectivity index is 1.89. The van der Waals surface area contributed by atoms with Crippen LogP contribution in [0.4, 0.5) is 4.79 Å². The molecule has 1 aromatic rings. The van der Waals surface area contributed by atoms with E-state index in [9.17, 15) is 4.79 Å². The van der Waals surface area contributed by atoms with Crippen LogP contribution in [0, 0.1) is 0 Å². The summed E-state index contributed by atoms with van der Waals surface area (Å²) >= 11 is 12.1. The maximum Gasteiger partial charge on any atom is 0.317 e. The molecule has 0 saturated carbocycles. The van der Waals surface area contributed by atoms with Crippen molar-refractivity contribution in [3.63, 3.8) is 0 Å². The summed E-state index contributed by atoms with van der Waals surface area (Å²) in [6.07, 6.45) is -0.539. The highest BCUT2D eigenvalue weighted by Crippen LogP contribution is 2.35. The zero-order chi connectivity index (χ0) is 14.0. The monoisotopic (exact) mass is 302 g/mol. The van der Waals surface area contributed by atoms with Crippen LogP contribution in [0.5, 0.6) is 0 Å². The van der Waals surface area contributed by atoms with Crippen molar-refractivity contribution in [1.82, 2.24) is 10.2 Å². The first-order valence-corrected chi connectivity index (χ1v) is 6.89. The number of halogens is 2. The molecule has 1 atom stereocenters. The molecule has 0 aromatic heterocycles. The minimum absolute atomic E-state index is 0.157. The highest BCUT2D eigenvalue weighted by molar-refractivity contribution is 6.42. The SMILES string of the molecule is C[C@@H](O)CNC(=O)N1CC(c2cccc(Cl)c2Cl)C1. The number of carbonyl (C=O) groups excluding carboxylic acids is 1. The van der Waals surface area contributed by atoms with E-state index in [4.69, 9.17) is 28.3 Å². The topological polar surface area (TPSA) is 52.6 Å². The molecule has 1 saturated heterocycles. The predicted octanol–water partition coefficient (Wildman–Crippen LogP) is 2.48. The fourth-order valence-electron chi connectivity index (χ4n) is 2.02. The second kappa shape index (κ2) is 5.99. The van der Waals surface area contributed by atoms with Gasteiger partial charge in [0.15, 0.2) is 0 Å². The molecular formula is C13H16Cl2N2O2. The molecule has 1 aliphatic heterocycles. The van der Waals surface area contributed by atoms with Gasteiger partial charge < -0.3 is 15.3 Å². The molecule has 1 aromatic carbocycles. The summed E-state index contributed by atoms with van der Waals surface area (Å²) in [4.78, 5) is 13.4. The summed E-state index contributed by atoms with van der Waals surface area (Å²) in [6, 6.07) is 5.39. The molecular weight excluding hydrogens is 287 g/mol. The van der Waals surface area contributed by atoms with Gasteiger partial charge in [-0.2, -0.15) is 0 Å². The predicted molar refractivity (Wildman–Crippen MR) is 75.9 cm³/mol. The molecule has 1 fully saturated rings. The van der Waals surface area contributed by atoms with Crippen molar-refractivity contribution in [2.24, 2.45) is 0 Å². The van der Waals surface area contributed by atoms with Gasteiger partial charge in [0.2, 0.25) is 0 Å². The number of nitrogens with one attached hydrogen (secondary N) is 1. The number of carbonyl (C=O) groups is 1. The van der Waals surface area contributed by atoms with Gasteiger partial charge in [-0.25, -0.2) is 4.79 Å². The zero-order valence-corrected chi connectivity index (χ0v) is 12.1. The molecule has 4 nitrogen and oxygen atoms in total. The van der Waals surface area contributed by atoms with Crippen LogP contribution < -0.4 is 5.32 Å². The Morgan fingerprint density at radius 1 is 1.53 bits per heavy atom. The standard InChI is InChI=1S/C13H16Cl2N2O2/c1-8(18)5-16-13(19)17-6-9(7-17)10-3-2-4-11(14)12(10)15/h2-4,8-9,18H,5-7H2,1H3,(H,16,19)/t8-/m1/s1. The Morgan fingerprint density at radius 2 is 2.21 bits per heavy atom. The number of hydrogen-bond acceptors (Lipinski definition) is 2. The smallest absolute Gasteiger partial charge is 0.317 e. The lowest BCUT2D eigenvalue weighted by Gasteiger charge is -2.39. The van der Waals surface area contributed by atoms with Crippen LogP contribution in [0.15, 0.2) is 18.2 Å². The Hall–Kier alpha value is -0.970. The van der Waals surface area contributed by atoms with Gasteiger partial charge in [-0.1, -0.05) is 35.3 Å². The van der Waals surface area contributed by atoms with Crippen LogP contribution in [0.3, 0.4) is 0 Å². The van der Waals surface area contributed by atoms with Crippen LogP contribution in [-0.4, -0.2) is 41.8 Å². The number of aliphatic hydroxyl groups excluding tert-OH is 1. The average molecular weight is 303 g/mol. The summed E-state index contributed by atoms with van der Waals surface area (Å²) < 4.78 is 0. The lowest BCUT2D eigenvalue weighted by Crippen LogP contribution is -2.53. The van der Waals surface area contributed by atoms with Crippen molar-refractivity contribution < 1.29 is 9.90 Å². The van der Waals surface area contributed by atoms with Crippen molar-refractivity contribution >= 4 is 29.2 Å². The van der Waals surface area contributed by atoms with Gasteiger partial charge in [-0.3, -0.25) is 0 Å². The number of benzene rings is 1. The van der Waals surface area contributed by atoms with E-state index in [0.717, 1.165) is 5.56 Å². The normalized spacial score (nSPS) is 16.9. The van der Waals surface area contributed by atoms with E-state index in [1.807, 2.05) is 12.1 Å². The Morgan fingerprint density at radius 3 is 2.84 bits per heavy atom. The Labute approximate surface area is 122 Å². The molecule has 2 rings (SSSR count). The molecule has 0 unspecified atom stereocenters. The van der Waals surface area contributed by atoms with Crippen LogP contribution in [0.1, 0.15) is 18.4 Å². The quantitative estimate of drug-likeness (QED) is 0.901. The lowest BCUT2D eigenvalue weighted by molar-refractivity contribution is 0.141. The highest BCUT2D eigenvalue weighted by Gasteiger charge is 2.33. The van der Waals surface area contributed by atoms with E-state index in [1.54, 1.807) is 17.9 Å². The third-order valence-corrected chi connectivity index (χ3v) is 3.97. The maximum absolute atomic E-state index is 11.7. The maximum atomic E-state index is 11.7. The van der Waals surface area contributed by atoms with Gasteiger partial charge in [0.1, 0.15) is 0 Å². The summed E-state index contributed by atoms with van der Waals surface area (Å²) in [6.45, 7) is 3.13. The van der Waals surface area contributed by atoms with Gasteiger partial charge >= 0.3 is 6.03 Å². The molecule has 1 heterocycles. The molecule has 0 radical (unpaired) electrons. The van der Waals surface area contributed by atoms with E-state index in [1.165, 1.54) is 0 Å². The first-order chi connectivity index (χ1) is 8.99. The van der Waals surface area contributed by atoms with E-state index in [2.05, 4.69) is 5.32 Å². The van der Waals surface area contributed by atoms with Gasteiger partial charge in [-0.05, 0) is 18.6 Å². The molecule has 19 heavy (non-hydrogen) atoms. The second-order valence-electron chi connectivity index (χ2n) is 4.78. The fraction of sp³-hybridized carbons (Fsp3) is 0.462. The van der Waals surface area contributed by atoms with E-state index in [-0.39, 0.29) is 18.5 Å². The van der Waals surface area contributed by atoms with Crippen LogP contribution >= 0.6 is 23.2 Å². The highest BCUT2D eigenvalue weighted by atomic mass is 35.5. The molecule has 0 aliphatic carbocycles. The number of hydrogen-bond donors (Lipinski definition) is 2. The Kier molecular flexibility index (Phi) is 4.55. The van der Waals surface area contributed by atoms with Crippen molar-refractivity contribution in [2.75, 3.05) is 19.6 Å². The van der Waals surface area contributed by atoms with E-state index < -0.39 is 6.10 Å². The van der Waals surface area contributed by atoms with E-state index in [0.29, 0.717) is 23.1 Å². The van der Waals surface area contributed by atoms with Crippen LogP contribution in [-0.2, 0) is 0 Å². The molecule has 0 bridgehead atoms. The van der Waals surface area contributed by atoms with Gasteiger partial charge in [0.25, 0.3) is 0 Å². The largest absolute Gasteiger partial charge is 0.392 e. The number of nitrogens with zero attached hydrogens (tertiary/aromatic N) is 1. The van der Waals surface area contributed by atoms with Crippen molar-refractivity contribution in [3.05, 3.63) is 33.8 Å². The first kappa shape index (κ1) is 14.4. The molecule has 1 aliphatic rings. The first-order valence-electron chi connectivity index (χ1n) is 6.13. The molecule has 104 valence electrons. The number of urea groups is 1. The Bertz CT molecular complexity index is 474. The van der Waals surface area contributed by atoms with Crippen LogP contribution in [0.2, 0.25) is 10.0 Å². The number of likely N-dealkylation sites (tertiary alicyclic amines) is 1. The minimum Gasteiger partial charge on any atom is -0.392 e. The van der Waals surface area contributed by atoms with Crippen LogP contribution in [0.25, 0.3) is 0 Å². The molecule has 2 N–H and O–H groups in total. The number of aliphatic hydroxyl groups is 1. The third kappa shape index (κ3) is 3.32. The van der Waals surface area contributed by atoms with E-state index >= 15 is 0 Å². The third-order valence-electron chi connectivity index (χ3n) is 3.14. The summed E-state index contributed by atoms with van der Waals surface area (Å²) in [5, 5.41) is 12.9. The number of amides is 2. The minimum atomic E-state index is -0.539. The fourth-order valence-corrected chi connectivity index (χ4v) is 2.49. The molecule has 6 heteroatoms. The summed E-state index contributed by atoms with van der Waals surface area (Å²) in [5.41, 5.74) is 0.980. The lowest BCUT2D eigenvalue weighted by atomic mass is 9.92. The molecule has 0 spiro atoms. The second-order valence-corrected chi connectivity index (χ2v) is 5.57. The van der Waals surface area contributed by atoms with Crippen molar-refractivity contribution in [1.29, 1.82) is 0 Å². The van der Waals surface area contributed by atoms with Gasteiger partial charge in [0, 0.05) is 25.6 Å². The summed E-state index contributed by atoms with van der Waals surface area (Å²) in [5.74, 6) is 0.225. The zero-order valence-electron chi connectivity index (χ0n) is 10.6. The van der Waals surface area contributed by atoms with Crippen molar-refractivity contribution in [3.8, 4) is 0 Å². The average Bonchev–Trinajstić information content (AvgIpc) is 2.30. The van der Waals surface area contributed by atoms with Crippen molar-refractivity contribution in [2.45, 2.75) is 18.9 Å².